The van der Waals surface area contributed by atoms with Crippen LogP contribution in [0.5, 0.6) is 0 Å². The molecule has 98 valence electrons. The highest BCUT2D eigenvalue weighted by atomic mass is 35.5. The average molecular weight is 267 g/mol. The van der Waals surface area contributed by atoms with Gasteiger partial charge in [-0.2, -0.15) is 0 Å². The Bertz CT molecular complexity index is 422. The number of rotatable bonds is 3. The molecule has 0 radical (unpaired) electrons. The van der Waals surface area contributed by atoms with Crippen LogP contribution in [-0.2, 0) is 4.79 Å². The molecule has 2 rings (SSSR count). The van der Waals surface area contributed by atoms with Crippen molar-refractivity contribution in [3.63, 3.8) is 0 Å². The van der Waals surface area contributed by atoms with Crippen molar-refractivity contribution in [2.75, 3.05) is 6.54 Å². The number of benzene rings is 1. The van der Waals surface area contributed by atoms with Crippen molar-refractivity contribution >= 4 is 17.5 Å². The Morgan fingerprint density at radius 3 is 3.11 bits per heavy atom. The molecular formula is C14H19ClN2O. The van der Waals surface area contributed by atoms with E-state index in [4.69, 9.17) is 11.6 Å². The summed E-state index contributed by atoms with van der Waals surface area (Å²) < 4.78 is 0. The van der Waals surface area contributed by atoms with Crippen LogP contribution in [0.2, 0.25) is 5.02 Å². The Morgan fingerprint density at radius 2 is 2.33 bits per heavy atom. The number of hydrogen-bond donors (Lipinski definition) is 2. The van der Waals surface area contributed by atoms with Gasteiger partial charge >= 0.3 is 0 Å². The predicted octanol–water partition coefficient (Wildman–Crippen LogP) is 2.66. The molecule has 1 aliphatic heterocycles. The van der Waals surface area contributed by atoms with Gasteiger partial charge in [0.1, 0.15) is 0 Å². The minimum Gasteiger partial charge on any atom is -0.356 e. The minimum atomic E-state index is 0.142. The molecule has 0 aromatic heterocycles. The highest BCUT2D eigenvalue weighted by molar-refractivity contribution is 6.30. The monoisotopic (exact) mass is 266 g/mol. The molecule has 1 fully saturated rings. The van der Waals surface area contributed by atoms with Gasteiger partial charge < -0.3 is 10.6 Å². The summed E-state index contributed by atoms with van der Waals surface area (Å²) in [6.45, 7) is 2.90. The third-order valence-electron chi connectivity index (χ3n) is 3.32. The summed E-state index contributed by atoms with van der Waals surface area (Å²) in [5.41, 5.74) is 1.16. The number of amides is 1. The fourth-order valence-corrected chi connectivity index (χ4v) is 2.54. The Hall–Kier alpha value is -1.06. The van der Waals surface area contributed by atoms with Crippen molar-refractivity contribution in [2.45, 2.75) is 38.3 Å². The largest absolute Gasteiger partial charge is 0.356 e. The third kappa shape index (κ3) is 3.72. The maximum absolute atomic E-state index is 11.5. The van der Waals surface area contributed by atoms with E-state index >= 15 is 0 Å². The molecule has 0 bridgehead atoms. The van der Waals surface area contributed by atoms with Gasteiger partial charge in [0, 0.05) is 30.1 Å². The van der Waals surface area contributed by atoms with Gasteiger partial charge in [0.25, 0.3) is 0 Å². The topological polar surface area (TPSA) is 41.1 Å². The van der Waals surface area contributed by atoms with E-state index in [1.54, 1.807) is 0 Å². The first-order valence-electron chi connectivity index (χ1n) is 6.43. The SMILES string of the molecule is C[C@H](NC1CCCNC(=O)C1)c1cccc(Cl)c1. The molecule has 1 amide bonds. The highest BCUT2D eigenvalue weighted by Gasteiger charge is 2.19. The van der Waals surface area contributed by atoms with E-state index in [0.717, 1.165) is 30.0 Å². The molecule has 1 aliphatic rings. The minimum absolute atomic E-state index is 0.142. The van der Waals surface area contributed by atoms with Crippen molar-refractivity contribution in [1.29, 1.82) is 0 Å². The van der Waals surface area contributed by atoms with Crippen LogP contribution in [0, 0.1) is 0 Å². The van der Waals surface area contributed by atoms with Gasteiger partial charge in [-0.3, -0.25) is 4.79 Å². The number of nitrogens with one attached hydrogen (secondary N) is 2. The average Bonchev–Trinajstić information content (AvgIpc) is 2.53. The second kappa shape index (κ2) is 6.21. The number of carbonyl (C=O) groups is 1. The maximum Gasteiger partial charge on any atom is 0.221 e. The molecule has 3 nitrogen and oxygen atoms in total. The van der Waals surface area contributed by atoms with Crippen molar-refractivity contribution in [3.05, 3.63) is 34.9 Å². The normalized spacial score (nSPS) is 22.1. The van der Waals surface area contributed by atoms with Gasteiger partial charge in [0.15, 0.2) is 0 Å². The van der Waals surface area contributed by atoms with E-state index in [1.807, 2.05) is 18.2 Å². The zero-order valence-corrected chi connectivity index (χ0v) is 11.3. The summed E-state index contributed by atoms with van der Waals surface area (Å²) in [4.78, 5) is 11.5. The molecular weight excluding hydrogens is 248 g/mol. The third-order valence-corrected chi connectivity index (χ3v) is 3.55. The van der Waals surface area contributed by atoms with Gasteiger partial charge in [0.05, 0.1) is 0 Å². The van der Waals surface area contributed by atoms with E-state index < -0.39 is 0 Å². The Kier molecular flexibility index (Phi) is 4.61. The van der Waals surface area contributed by atoms with Gasteiger partial charge in [-0.25, -0.2) is 0 Å². The Balaban J connectivity index is 1.97. The first kappa shape index (κ1) is 13.4. The summed E-state index contributed by atoms with van der Waals surface area (Å²) in [7, 11) is 0. The molecule has 1 aromatic rings. The summed E-state index contributed by atoms with van der Waals surface area (Å²) in [5, 5.41) is 7.16. The zero-order chi connectivity index (χ0) is 13.0. The standard InChI is InChI=1S/C14H19ClN2O/c1-10(11-4-2-5-12(15)8-11)17-13-6-3-7-16-14(18)9-13/h2,4-5,8,10,13,17H,3,6-7,9H2,1H3,(H,16,18)/t10-,13?/m0/s1. The maximum atomic E-state index is 11.5. The summed E-state index contributed by atoms with van der Waals surface area (Å²) in [5.74, 6) is 0.142. The second-order valence-corrected chi connectivity index (χ2v) is 5.27. The molecule has 2 atom stereocenters. The Labute approximate surface area is 113 Å². The molecule has 1 aromatic carbocycles. The quantitative estimate of drug-likeness (QED) is 0.883. The molecule has 0 spiro atoms. The van der Waals surface area contributed by atoms with E-state index in [0.29, 0.717) is 6.42 Å². The smallest absolute Gasteiger partial charge is 0.221 e. The molecule has 18 heavy (non-hydrogen) atoms. The van der Waals surface area contributed by atoms with Gasteiger partial charge in [-0.05, 0) is 37.5 Å². The molecule has 4 heteroatoms. The van der Waals surface area contributed by atoms with E-state index in [2.05, 4.69) is 23.6 Å². The predicted molar refractivity (Wildman–Crippen MR) is 73.7 cm³/mol. The van der Waals surface area contributed by atoms with Crippen LogP contribution in [0.15, 0.2) is 24.3 Å². The zero-order valence-electron chi connectivity index (χ0n) is 10.6. The van der Waals surface area contributed by atoms with Gasteiger partial charge in [0.2, 0.25) is 5.91 Å². The number of halogens is 1. The van der Waals surface area contributed by atoms with E-state index in [-0.39, 0.29) is 18.0 Å². The summed E-state index contributed by atoms with van der Waals surface area (Å²) >= 11 is 5.99. The molecule has 1 heterocycles. The Morgan fingerprint density at radius 1 is 1.50 bits per heavy atom. The van der Waals surface area contributed by atoms with Gasteiger partial charge in [-0.1, -0.05) is 23.7 Å². The number of carbonyl (C=O) groups excluding carboxylic acids is 1. The second-order valence-electron chi connectivity index (χ2n) is 4.84. The fraction of sp³-hybridized carbons (Fsp3) is 0.500. The van der Waals surface area contributed by atoms with Crippen LogP contribution in [0.4, 0.5) is 0 Å². The molecule has 1 unspecified atom stereocenters. The van der Waals surface area contributed by atoms with E-state index in [1.165, 1.54) is 0 Å². The van der Waals surface area contributed by atoms with Crippen LogP contribution < -0.4 is 10.6 Å². The van der Waals surface area contributed by atoms with Crippen LogP contribution in [-0.4, -0.2) is 18.5 Å². The first-order chi connectivity index (χ1) is 8.65. The van der Waals surface area contributed by atoms with Crippen LogP contribution in [0.1, 0.15) is 37.8 Å². The fourth-order valence-electron chi connectivity index (χ4n) is 2.34. The summed E-state index contributed by atoms with van der Waals surface area (Å²) in [6, 6.07) is 8.31. The lowest BCUT2D eigenvalue weighted by molar-refractivity contribution is -0.121. The number of hydrogen-bond acceptors (Lipinski definition) is 2. The molecule has 1 saturated heterocycles. The lowest BCUT2D eigenvalue weighted by Crippen LogP contribution is -2.34. The summed E-state index contributed by atoms with van der Waals surface area (Å²) in [6.07, 6.45) is 2.63. The van der Waals surface area contributed by atoms with Crippen LogP contribution in [0.25, 0.3) is 0 Å². The lowest BCUT2D eigenvalue weighted by Gasteiger charge is -2.21. The first-order valence-corrected chi connectivity index (χ1v) is 6.81. The lowest BCUT2D eigenvalue weighted by atomic mass is 10.0. The highest BCUT2D eigenvalue weighted by Crippen LogP contribution is 2.19. The van der Waals surface area contributed by atoms with Crippen LogP contribution in [0.3, 0.4) is 0 Å². The van der Waals surface area contributed by atoms with E-state index in [9.17, 15) is 4.79 Å². The van der Waals surface area contributed by atoms with Crippen molar-refractivity contribution in [2.24, 2.45) is 0 Å². The molecule has 0 aliphatic carbocycles. The van der Waals surface area contributed by atoms with Gasteiger partial charge in [-0.15, -0.1) is 0 Å². The van der Waals surface area contributed by atoms with Crippen molar-refractivity contribution < 1.29 is 4.79 Å². The van der Waals surface area contributed by atoms with Crippen molar-refractivity contribution in [3.8, 4) is 0 Å². The van der Waals surface area contributed by atoms with Crippen molar-refractivity contribution in [1.82, 2.24) is 10.6 Å². The molecule has 0 saturated carbocycles. The van der Waals surface area contributed by atoms with Crippen LogP contribution >= 0.6 is 11.6 Å². The molecule has 2 N–H and O–H groups in total.